The summed E-state index contributed by atoms with van der Waals surface area (Å²) in [7, 11) is 1.90. The Kier molecular flexibility index (Phi) is 4.57. The topological polar surface area (TPSA) is 44.1 Å². The van der Waals surface area contributed by atoms with Crippen molar-refractivity contribution in [3.63, 3.8) is 0 Å². The van der Waals surface area contributed by atoms with Crippen LogP contribution in [0.15, 0.2) is 6.07 Å². The first-order valence-corrected chi connectivity index (χ1v) is 7.95. The van der Waals surface area contributed by atoms with Crippen LogP contribution in [-0.2, 0) is 23.0 Å². The molecule has 4 heteroatoms. The molecule has 0 aromatic carbocycles. The molecule has 0 aliphatic heterocycles. The Morgan fingerprint density at radius 3 is 2.43 bits per heavy atom. The third-order valence-electron chi connectivity index (χ3n) is 4.78. The SMILES string of the molecule is CCOC1(C(=O)Cc2cc(C)nn2C)CCC(C)(C)CC1. The number of rotatable bonds is 5. The fourth-order valence-electron chi connectivity index (χ4n) is 3.27. The number of Topliss-reactive ketones (excluding diaryl/α,β-unsaturated/α-hetero) is 1. The number of aryl methyl sites for hydroxylation is 2. The molecule has 0 saturated heterocycles. The summed E-state index contributed by atoms with van der Waals surface area (Å²) in [6.07, 6.45) is 4.18. The quantitative estimate of drug-likeness (QED) is 0.837. The van der Waals surface area contributed by atoms with E-state index >= 15 is 0 Å². The lowest BCUT2D eigenvalue weighted by Gasteiger charge is -2.42. The normalized spacial score (nSPS) is 20.4. The second-order valence-electron chi connectivity index (χ2n) is 7.09. The van der Waals surface area contributed by atoms with E-state index in [1.54, 1.807) is 4.68 Å². The number of aromatic nitrogens is 2. The average molecular weight is 292 g/mol. The van der Waals surface area contributed by atoms with Crippen molar-refractivity contribution in [2.24, 2.45) is 12.5 Å². The first-order valence-electron chi connectivity index (χ1n) is 7.95. The van der Waals surface area contributed by atoms with E-state index < -0.39 is 5.60 Å². The first-order chi connectivity index (χ1) is 9.78. The number of carbonyl (C=O) groups is 1. The molecule has 0 N–H and O–H groups in total. The maximum atomic E-state index is 12.9. The monoisotopic (exact) mass is 292 g/mol. The molecule has 0 atom stereocenters. The molecule has 0 radical (unpaired) electrons. The molecular weight excluding hydrogens is 264 g/mol. The molecule has 21 heavy (non-hydrogen) atoms. The van der Waals surface area contributed by atoms with Gasteiger partial charge in [-0.1, -0.05) is 13.8 Å². The van der Waals surface area contributed by atoms with Gasteiger partial charge < -0.3 is 4.74 Å². The summed E-state index contributed by atoms with van der Waals surface area (Å²) >= 11 is 0. The summed E-state index contributed by atoms with van der Waals surface area (Å²) < 4.78 is 7.77. The van der Waals surface area contributed by atoms with Crippen molar-refractivity contribution in [3.05, 3.63) is 17.5 Å². The summed E-state index contributed by atoms with van der Waals surface area (Å²) in [6, 6.07) is 1.99. The molecule has 0 unspecified atom stereocenters. The van der Waals surface area contributed by atoms with Crippen molar-refractivity contribution in [1.82, 2.24) is 9.78 Å². The third kappa shape index (κ3) is 3.54. The molecule has 2 rings (SSSR count). The molecule has 1 aliphatic rings. The van der Waals surface area contributed by atoms with Crippen molar-refractivity contribution in [2.75, 3.05) is 6.61 Å². The summed E-state index contributed by atoms with van der Waals surface area (Å²) in [4.78, 5) is 12.9. The fraction of sp³-hybridized carbons (Fsp3) is 0.765. The molecule has 0 amide bonds. The Bertz CT molecular complexity index is 507. The van der Waals surface area contributed by atoms with E-state index in [-0.39, 0.29) is 5.78 Å². The maximum Gasteiger partial charge on any atom is 0.170 e. The zero-order valence-electron chi connectivity index (χ0n) is 14.0. The largest absolute Gasteiger partial charge is 0.367 e. The summed E-state index contributed by atoms with van der Waals surface area (Å²) in [5.41, 5.74) is 1.67. The third-order valence-corrected chi connectivity index (χ3v) is 4.78. The Hall–Kier alpha value is -1.16. The Morgan fingerprint density at radius 1 is 1.33 bits per heavy atom. The lowest BCUT2D eigenvalue weighted by atomic mass is 9.69. The Labute approximate surface area is 127 Å². The zero-order chi connectivity index (χ0) is 15.7. The molecule has 1 fully saturated rings. The predicted octanol–water partition coefficient (Wildman–Crippen LogP) is 3.22. The lowest BCUT2D eigenvalue weighted by Crippen LogP contribution is -2.47. The van der Waals surface area contributed by atoms with Crippen molar-refractivity contribution in [1.29, 1.82) is 0 Å². The molecule has 1 aromatic heterocycles. The predicted molar refractivity (Wildman–Crippen MR) is 83.3 cm³/mol. The van der Waals surface area contributed by atoms with Crippen LogP contribution in [0.2, 0.25) is 0 Å². The van der Waals surface area contributed by atoms with Gasteiger partial charge in [-0.15, -0.1) is 0 Å². The molecule has 4 nitrogen and oxygen atoms in total. The van der Waals surface area contributed by atoms with Gasteiger partial charge in [0.05, 0.1) is 12.1 Å². The molecule has 1 aromatic rings. The van der Waals surface area contributed by atoms with Crippen LogP contribution in [0.25, 0.3) is 0 Å². The molecule has 1 heterocycles. The van der Waals surface area contributed by atoms with Gasteiger partial charge in [-0.2, -0.15) is 5.10 Å². The van der Waals surface area contributed by atoms with Gasteiger partial charge in [0.25, 0.3) is 0 Å². The van der Waals surface area contributed by atoms with E-state index in [2.05, 4.69) is 18.9 Å². The summed E-state index contributed by atoms with van der Waals surface area (Å²) in [5, 5.41) is 4.32. The van der Waals surface area contributed by atoms with E-state index in [0.29, 0.717) is 18.4 Å². The fourth-order valence-corrected chi connectivity index (χ4v) is 3.27. The molecule has 0 bridgehead atoms. The highest BCUT2D eigenvalue weighted by molar-refractivity contribution is 5.89. The molecular formula is C17H28N2O2. The number of nitrogens with zero attached hydrogens (tertiary/aromatic N) is 2. The van der Waals surface area contributed by atoms with Crippen LogP contribution in [0.4, 0.5) is 0 Å². The van der Waals surface area contributed by atoms with E-state index in [4.69, 9.17) is 4.74 Å². The minimum atomic E-state index is -0.581. The number of hydrogen-bond donors (Lipinski definition) is 0. The van der Waals surface area contributed by atoms with Gasteiger partial charge in [-0.3, -0.25) is 9.48 Å². The average Bonchev–Trinajstić information content (AvgIpc) is 2.71. The highest BCUT2D eigenvalue weighted by Gasteiger charge is 2.44. The smallest absolute Gasteiger partial charge is 0.170 e. The van der Waals surface area contributed by atoms with Crippen LogP contribution in [0.5, 0.6) is 0 Å². The maximum absolute atomic E-state index is 12.9. The zero-order valence-corrected chi connectivity index (χ0v) is 14.0. The van der Waals surface area contributed by atoms with Gasteiger partial charge in [0.2, 0.25) is 0 Å². The van der Waals surface area contributed by atoms with Crippen LogP contribution in [0.1, 0.15) is 57.8 Å². The van der Waals surface area contributed by atoms with Crippen molar-refractivity contribution in [2.45, 2.75) is 65.4 Å². The van der Waals surface area contributed by atoms with Gasteiger partial charge in [0.15, 0.2) is 5.78 Å². The number of ketones is 1. The molecule has 118 valence electrons. The lowest BCUT2D eigenvalue weighted by molar-refractivity contribution is -0.151. The summed E-state index contributed by atoms with van der Waals surface area (Å²) in [6.45, 7) is 9.07. The van der Waals surface area contributed by atoms with E-state index in [1.807, 2.05) is 27.0 Å². The van der Waals surface area contributed by atoms with Crippen LogP contribution in [0.3, 0.4) is 0 Å². The van der Waals surface area contributed by atoms with Gasteiger partial charge in [0, 0.05) is 19.3 Å². The van der Waals surface area contributed by atoms with E-state index in [1.165, 1.54) is 0 Å². The minimum absolute atomic E-state index is 0.211. The summed E-state index contributed by atoms with van der Waals surface area (Å²) in [5.74, 6) is 0.211. The second kappa shape index (κ2) is 5.91. The van der Waals surface area contributed by atoms with Crippen molar-refractivity contribution >= 4 is 5.78 Å². The Morgan fingerprint density at radius 2 is 1.95 bits per heavy atom. The number of ether oxygens (including phenoxy) is 1. The highest BCUT2D eigenvalue weighted by Crippen LogP contribution is 2.42. The van der Waals surface area contributed by atoms with Gasteiger partial charge in [0.1, 0.15) is 5.60 Å². The number of carbonyl (C=O) groups excluding carboxylic acids is 1. The van der Waals surface area contributed by atoms with E-state index in [9.17, 15) is 4.79 Å². The first kappa shape index (κ1) is 16.2. The van der Waals surface area contributed by atoms with Crippen LogP contribution >= 0.6 is 0 Å². The molecule has 0 spiro atoms. The standard InChI is InChI=1S/C17H28N2O2/c1-6-21-17(9-7-16(3,4)8-10-17)15(20)12-14-11-13(2)18-19(14)5/h11H,6-10,12H2,1-5H3. The van der Waals surface area contributed by atoms with E-state index in [0.717, 1.165) is 37.1 Å². The number of hydrogen-bond acceptors (Lipinski definition) is 3. The molecule has 1 saturated carbocycles. The van der Waals surface area contributed by atoms with Crippen molar-refractivity contribution in [3.8, 4) is 0 Å². The second-order valence-corrected chi connectivity index (χ2v) is 7.09. The minimum Gasteiger partial charge on any atom is -0.367 e. The molecule has 1 aliphatic carbocycles. The van der Waals surface area contributed by atoms with Crippen LogP contribution < -0.4 is 0 Å². The van der Waals surface area contributed by atoms with Gasteiger partial charge in [-0.25, -0.2) is 0 Å². The highest BCUT2D eigenvalue weighted by atomic mass is 16.5. The van der Waals surface area contributed by atoms with Crippen LogP contribution in [0, 0.1) is 12.3 Å². The van der Waals surface area contributed by atoms with Crippen LogP contribution in [-0.4, -0.2) is 27.8 Å². The Balaban J connectivity index is 2.15. The van der Waals surface area contributed by atoms with Gasteiger partial charge in [-0.05, 0) is 51.0 Å². The van der Waals surface area contributed by atoms with Gasteiger partial charge >= 0.3 is 0 Å². The van der Waals surface area contributed by atoms with Crippen molar-refractivity contribution < 1.29 is 9.53 Å².